The number of nitrogens with zero attached hydrogens (tertiary/aromatic N) is 3. The van der Waals surface area contributed by atoms with E-state index in [0.717, 1.165) is 18.5 Å². The summed E-state index contributed by atoms with van der Waals surface area (Å²) in [4.78, 5) is 24.6. The number of nitrogens with one attached hydrogen (secondary N) is 2. The van der Waals surface area contributed by atoms with Crippen LogP contribution in [0.1, 0.15) is 24.5 Å². The van der Waals surface area contributed by atoms with Gasteiger partial charge >= 0.3 is 6.03 Å². The lowest BCUT2D eigenvalue weighted by atomic mass is 9.95. The van der Waals surface area contributed by atoms with Gasteiger partial charge in [0.2, 0.25) is 0 Å². The van der Waals surface area contributed by atoms with Gasteiger partial charge in [-0.1, -0.05) is 0 Å². The van der Waals surface area contributed by atoms with Crippen molar-refractivity contribution in [2.24, 2.45) is 0 Å². The number of nitro benzene ring substituents is 1. The number of urea groups is 1. The van der Waals surface area contributed by atoms with E-state index in [1.54, 1.807) is 11.1 Å². The van der Waals surface area contributed by atoms with Gasteiger partial charge in [0.1, 0.15) is 5.75 Å². The summed E-state index contributed by atoms with van der Waals surface area (Å²) in [6.45, 7) is 1.25. The molecule has 9 heteroatoms. The van der Waals surface area contributed by atoms with Crippen LogP contribution in [0.5, 0.6) is 5.75 Å². The van der Waals surface area contributed by atoms with Gasteiger partial charge in [0.25, 0.3) is 5.69 Å². The Hall–Kier alpha value is -3.10. The Morgan fingerprint density at radius 1 is 1.48 bits per heavy atom. The van der Waals surface area contributed by atoms with E-state index in [-0.39, 0.29) is 23.4 Å². The zero-order chi connectivity index (χ0) is 17.8. The van der Waals surface area contributed by atoms with E-state index in [9.17, 15) is 14.9 Å². The average Bonchev–Trinajstić information content (AvgIpc) is 3.16. The molecular formula is C16H19N5O4. The summed E-state index contributed by atoms with van der Waals surface area (Å²) in [5, 5.41) is 20.5. The van der Waals surface area contributed by atoms with Gasteiger partial charge in [0, 0.05) is 37.0 Å². The Bertz CT molecular complexity index is 762. The highest BCUT2D eigenvalue weighted by molar-refractivity contribution is 5.91. The van der Waals surface area contributed by atoms with Crippen LogP contribution in [0.2, 0.25) is 0 Å². The molecule has 9 nitrogen and oxygen atoms in total. The van der Waals surface area contributed by atoms with E-state index in [4.69, 9.17) is 4.74 Å². The lowest BCUT2D eigenvalue weighted by molar-refractivity contribution is -0.384. The van der Waals surface area contributed by atoms with E-state index in [2.05, 4.69) is 15.5 Å². The first-order valence-corrected chi connectivity index (χ1v) is 7.96. The number of carbonyl (C=O) groups is 1. The molecule has 2 amide bonds. The summed E-state index contributed by atoms with van der Waals surface area (Å²) in [7, 11) is 1.41. The van der Waals surface area contributed by atoms with Crippen molar-refractivity contribution in [3.05, 3.63) is 46.3 Å². The average molecular weight is 345 g/mol. The number of hydrogen-bond donors (Lipinski definition) is 2. The van der Waals surface area contributed by atoms with Crippen molar-refractivity contribution in [2.75, 3.05) is 25.5 Å². The van der Waals surface area contributed by atoms with Crippen LogP contribution in [0.15, 0.2) is 30.5 Å². The molecule has 2 N–H and O–H groups in total. The summed E-state index contributed by atoms with van der Waals surface area (Å²) in [6.07, 6.45) is 3.59. The summed E-state index contributed by atoms with van der Waals surface area (Å²) in [5.74, 6) is 0.477. The Morgan fingerprint density at radius 3 is 3.00 bits per heavy atom. The number of benzene rings is 1. The molecule has 1 saturated heterocycles. The van der Waals surface area contributed by atoms with Crippen LogP contribution >= 0.6 is 0 Å². The number of hydrogen-bond acceptors (Lipinski definition) is 5. The predicted molar refractivity (Wildman–Crippen MR) is 90.8 cm³/mol. The number of amides is 2. The number of aromatic amines is 1. The number of piperidine rings is 1. The molecule has 2 heterocycles. The standard InChI is InChI=1S/C16H19N5O4/c1-25-15-9-12(21(23)24)4-5-14(15)18-16(22)20-8-2-3-11(10-20)13-6-7-17-19-13/h4-7,9,11H,2-3,8,10H2,1H3,(H,17,19)(H,18,22)/t11-/m1/s1. The number of methoxy groups -OCH3 is 1. The first-order chi connectivity index (χ1) is 12.1. The lowest BCUT2D eigenvalue weighted by Crippen LogP contribution is -2.41. The lowest BCUT2D eigenvalue weighted by Gasteiger charge is -2.32. The number of carbonyl (C=O) groups excluding carboxylic acids is 1. The minimum Gasteiger partial charge on any atom is -0.494 e. The van der Waals surface area contributed by atoms with Gasteiger partial charge in [-0.3, -0.25) is 15.2 Å². The molecule has 0 aliphatic carbocycles. The van der Waals surface area contributed by atoms with Gasteiger partial charge in [-0.25, -0.2) is 4.79 Å². The maximum atomic E-state index is 12.6. The Labute approximate surface area is 144 Å². The van der Waals surface area contributed by atoms with Crippen LogP contribution < -0.4 is 10.1 Å². The molecule has 2 aromatic rings. The zero-order valence-corrected chi connectivity index (χ0v) is 13.8. The maximum absolute atomic E-state index is 12.6. The molecule has 0 bridgehead atoms. The normalized spacial score (nSPS) is 17.2. The number of nitro groups is 1. The Balaban J connectivity index is 1.70. The van der Waals surface area contributed by atoms with E-state index in [0.29, 0.717) is 18.8 Å². The molecule has 1 fully saturated rings. The fourth-order valence-electron chi connectivity index (χ4n) is 3.00. The Kier molecular flexibility index (Phi) is 4.82. The number of ether oxygens (including phenoxy) is 1. The number of non-ortho nitro benzene ring substituents is 1. The zero-order valence-electron chi connectivity index (χ0n) is 13.8. The topological polar surface area (TPSA) is 113 Å². The minimum absolute atomic E-state index is 0.0906. The van der Waals surface area contributed by atoms with Crippen molar-refractivity contribution in [3.8, 4) is 5.75 Å². The van der Waals surface area contributed by atoms with Crippen molar-refractivity contribution in [2.45, 2.75) is 18.8 Å². The van der Waals surface area contributed by atoms with Crippen molar-refractivity contribution in [1.29, 1.82) is 0 Å². The molecule has 1 aromatic carbocycles. The number of anilines is 1. The molecular weight excluding hydrogens is 326 g/mol. The summed E-state index contributed by atoms with van der Waals surface area (Å²) in [5.41, 5.74) is 1.33. The summed E-state index contributed by atoms with van der Waals surface area (Å²) in [6, 6.07) is 5.77. The van der Waals surface area contributed by atoms with E-state index >= 15 is 0 Å². The summed E-state index contributed by atoms with van der Waals surface area (Å²) < 4.78 is 5.15. The molecule has 0 spiro atoms. The number of rotatable bonds is 4. The SMILES string of the molecule is COc1cc([N+](=O)[O-])ccc1NC(=O)N1CCC[C@@H](c2ccn[nH]2)C1. The van der Waals surface area contributed by atoms with Crippen LogP contribution in [0.3, 0.4) is 0 Å². The number of aromatic nitrogens is 2. The second-order valence-corrected chi connectivity index (χ2v) is 5.87. The monoisotopic (exact) mass is 345 g/mol. The molecule has 1 atom stereocenters. The van der Waals surface area contributed by atoms with Gasteiger partial charge in [-0.2, -0.15) is 5.10 Å². The fourth-order valence-corrected chi connectivity index (χ4v) is 3.00. The van der Waals surface area contributed by atoms with Crippen LogP contribution in [-0.4, -0.2) is 46.3 Å². The molecule has 1 aromatic heterocycles. The van der Waals surface area contributed by atoms with Gasteiger partial charge in [-0.05, 0) is 25.0 Å². The van der Waals surface area contributed by atoms with Crippen LogP contribution in [0.25, 0.3) is 0 Å². The van der Waals surface area contributed by atoms with E-state index < -0.39 is 4.92 Å². The highest BCUT2D eigenvalue weighted by atomic mass is 16.6. The van der Waals surface area contributed by atoms with Gasteiger partial charge in [-0.15, -0.1) is 0 Å². The van der Waals surface area contributed by atoms with Gasteiger partial charge < -0.3 is 15.0 Å². The first-order valence-electron chi connectivity index (χ1n) is 7.96. The van der Waals surface area contributed by atoms with Crippen LogP contribution in [0.4, 0.5) is 16.2 Å². The van der Waals surface area contributed by atoms with Crippen molar-refractivity contribution in [1.82, 2.24) is 15.1 Å². The van der Waals surface area contributed by atoms with Crippen LogP contribution in [0, 0.1) is 10.1 Å². The molecule has 1 aliphatic rings. The third kappa shape index (κ3) is 3.70. The highest BCUT2D eigenvalue weighted by Gasteiger charge is 2.26. The maximum Gasteiger partial charge on any atom is 0.321 e. The van der Waals surface area contributed by atoms with Crippen molar-refractivity contribution in [3.63, 3.8) is 0 Å². The largest absolute Gasteiger partial charge is 0.494 e. The molecule has 132 valence electrons. The molecule has 25 heavy (non-hydrogen) atoms. The number of H-pyrrole nitrogens is 1. The Morgan fingerprint density at radius 2 is 2.32 bits per heavy atom. The third-order valence-corrected chi connectivity index (χ3v) is 4.31. The van der Waals surface area contributed by atoms with Crippen LogP contribution in [-0.2, 0) is 0 Å². The smallest absolute Gasteiger partial charge is 0.321 e. The quantitative estimate of drug-likeness (QED) is 0.653. The van der Waals surface area contributed by atoms with Crippen molar-refractivity contribution < 1.29 is 14.5 Å². The fraction of sp³-hybridized carbons (Fsp3) is 0.375. The molecule has 3 rings (SSSR count). The van der Waals surface area contributed by atoms with Gasteiger partial charge in [0.05, 0.1) is 23.8 Å². The third-order valence-electron chi connectivity index (χ3n) is 4.31. The molecule has 1 aliphatic heterocycles. The highest BCUT2D eigenvalue weighted by Crippen LogP contribution is 2.30. The second kappa shape index (κ2) is 7.20. The van der Waals surface area contributed by atoms with Gasteiger partial charge in [0.15, 0.2) is 0 Å². The number of likely N-dealkylation sites (tertiary alicyclic amines) is 1. The predicted octanol–water partition coefficient (Wildman–Crippen LogP) is 2.74. The molecule has 0 unspecified atom stereocenters. The molecule has 0 saturated carbocycles. The molecule has 0 radical (unpaired) electrons. The minimum atomic E-state index is -0.506. The van der Waals surface area contributed by atoms with E-state index in [1.807, 2.05) is 6.07 Å². The first kappa shape index (κ1) is 16.7. The second-order valence-electron chi connectivity index (χ2n) is 5.87. The van der Waals surface area contributed by atoms with Crippen molar-refractivity contribution >= 4 is 17.4 Å². The van der Waals surface area contributed by atoms with E-state index in [1.165, 1.54) is 25.3 Å². The summed E-state index contributed by atoms with van der Waals surface area (Å²) >= 11 is 0.